The van der Waals surface area contributed by atoms with E-state index in [2.05, 4.69) is 0 Å². The van der Waals surface area contributed by atoms with E-state index in [1.54, 1.807) is 36.4 Å². The van der Waals surface area contributed by atoms with E-state index in [0.29, 0.717) is 11.1 Å². The monoisotopic (exact) mass is 334 g/mol. The lowest BCUT2D eigenvalue weighted by atomic mass is 10.2. The number of hydrogen-bond donors (Lipinski definition) is 0. The highest BCUT2D eigenvalue weighted by Crippen LogP contribution is 2.37. The topological polar surface area (TPSA) is 17.1 Å². The summed E-state index contributed by atoms with van der Waals surface area (Å²) in [6.07, 6.45) is 0. The molecule has 0 saturated heterocycles. The minimum atomic E-state index is -1.29. The molecule has 5 heteroatoms. The summed E-state index contributed by atoms with van der Waals surface area (Å²) in [7, 11) is 0. The molecular formula is C14H10Cl4O. The van der Waals surface area contributed by atoms with Gasteiger partial charge < -0.3 is 0 Å². The summed E-state index contributed by atoms with van der Waals surface area (Å²) in [6, 6.07) is 17.8. The molecular weight excluding hydrogens is 326 g/mol. The number of rotatable bonds is 1. The summed E-state index contributed by atoms with van der Waals surface area (Å²) >= 11 is 21.9. The zero-order valence-electron chi connectivity index (χ0n) is 9.69. The summed E-state index contributed by atoms with van der Waals surface area (Å²) in [5.74, 6) is 0. The fourth-order valence-corrected chi connectivity index (χ4v) is 1.70. The Morgan fingerprint density at radius 3 is 1.47 bits per heavy atom. The maximum atomic E-state index is 10.4. The Morgan fingerprint density at radius 1 is 0.789 bits per heavy atom. The van der Waals surface area contributed by atoms with E-state index in [9.17, 15) is 4.79 Å². The molecule has 1 nitrogen and oxygen atoms in total. The van der Waals surface area contributed by atoms with E-state index in [4.69, 9.17) is 46.4 Å². The zero-order valence-corrected chi connectivity index (χ0v) is 12.7. The van der Waals surface area contributed by atoms with Crippen LogP contribution < -0.4 is 0 Å². The molecule has 0 bridgehead atoms. The second-order valence-corrected chi connectivity index (χ2v) is 6.13. The smallest absolute Gasteiger partial charge is 0.252 e. The molecule has 0 atom stereocenters. The summed E-state index contributed by atoms with van der Waals surface area (Å²) < 4.78 is -1.29. The lowest BCUT2D eigenvalue weighted by molar-refractivity contribution is 0.108. The third-order valence-corrected chi connectivity index (χ3v) is 2.97. The molecule has 0 amide bonds. The van der Waals surface area contributed by atoms with Gasteiger partial charge in [-0.15, -0.1) is 0 Å². The highest BCUT2D eigenvalue weighted by atomic mass is 35.6. The fraction of sp³-hybridized carbons (Fsp3) is 0.0714. The van der Waals surface area contributed by atoms with Crippen molar-refractivity contribution in [2.45, 2.75) is 3.79 Å². The Balaban J connectivity index is 0.000000191. The maximum absolute atomic E-state index is 10.4. The molecule has 0 aliphatic carbocycles. The van der Waals surface area contributed by atoms with Crippen LogP contribution in [0.5, 0.6) is 0 Å². The number of benzene rings is 2. The van der Waals surface area contributed by atoms with Gasteiger partial charge >= 0.3 is 0 Å². The van der Waals surface area contributed by atoms with Gasteiger partial charge in [0.15, 0.2) is 0 Å². The highest BCUT2D eigenvalue weighted by Gasteiger charge is 2.21. The number of alkyl halides is 3. The van der Waals surface area contributed by atoms with Crippen molar-refractivity contribution in [2.75, 3.05) is 0 Å². The molecule has 0 spiro atoms. The van der Waals surface area contributed by atoms with Gasteiger partial charge in [0.25, 0.3) is 5.24 Å². The van der Waals surface area contributed by atoms with Crippen LogP contribution in [0.2, 0.25) is 0 Å². The molecule has 0 saturated carbocycles. The van der Waals surface area contributed by atoms with Crippen LogP contribution in [0.4, 0.5) is 0 Å². The first-order valence-corrected chi connectivity index (χ1v) is 6.79. The highest BCUT2D eigenvalue weighted by molar-refractivity contribution is 6.67. The molecule has 0 unspecified atom stereocenters. The van der Waals surface area contributed by atoms with Crippen molar-refractivity contribution in [3.8, 4) is 0 Å². The number of carbonyl (C=O) groups is 1. The SMILES string of the molecule is ClC(Cl)(Cl)c1ccccc1.O=C(Cl)c1ccccc1. The predicted molar refractivity (Wildman–Crippen MR) is 82.3 cm³/mol. The summed E-state index contributed by atoms with van der Waals surface area (Å²) in [4.78, 5) is 10.4. The van der Waals surface area contributed by atoms with Crippen LogP contribution in [-0.4, -0.2) is 5.24 Å². The van der Waals surface area contributed by atoms with E-state index >= 15 is 0 Å². The first kappa shape index (κ1) is 16.3. The third-order valence-electron chi connectivity index (χ3n) is 2.10. The average molecular weight is 336 g/mol. The molecule has 2 aromatic rings. The predicted octanol–water partition coefficient (Wildman–Crippen LogP) is 5.58. The Bertz CT molecular complexity index is 506. The fourth-order valence-electron chi connectivity index (χ4n) is 1.20. The molecule has 2 aromatic carbocycles. The van der Waals surface area contributed by atoms with Gasteiger partial charge in [-0.05, 0) is 11.6 Å². The molecule has 0 radical (unpaired) electrons. The van der Waals surface area contributed by atoms with E-state index in [1.165, 1.54) is 0 Å². The summed E-state index contributed by atoms with van der Waals surface area (Å²) in [5, 5.41) is -0.407. The van der Waals surface area contributed by atoms with Crippen LogP contribution in [0.1, 0.15) is 15.9 Å². The van der Waals surface area contributed by atoms with Gasteiger partial charge in [-0.3, -0.25) is 4.79 Å². The lowest BCUT2D eigenvalue weighted by Crippen LogP contribution is -1.98. The molecule has 0 aliphatic rings. The van der Waals surface area contributed by atoms with Crippen LogP contribution in [0, 0.1) is 0 Å². The van der Waals surface area contributed by atoms with Crippen molar-refractivity contribution in [3.63, 3.8) is 0 Å². The standard InChI is InChI=1S/C7H5Cl3.C7H5ClO/c8-7(9,10)6-4-2-1-3-5-6;8-7(9)6-4-2-1-3-5-6/h1-5H;1-5H. The molecule has 100 valence electrons. The Labute approximate surface area is 132 Å². The van der Waals surface area contributed by atoms with E-state index in [-0.39, 0.29) is 0 Å². The Morgan fingerprint density at radius 2 is 1.21 bits per heavy atom. The normalized spacial score (nSPS) is 10.3. The van der Waals surface area contributed by atoms with Gasteiger partial charge in [-0.25, -0.2) is 0 Å². The quantitative estimate of drug-likeness (QED) is 0.491. The van der Waals surface area contributed by atoms with Crippen molar-refractivity contribution in [1.82, 2.24) is 0 Å². The van der Waals surface area contributed by atoms with E-state index in [0.717, 1.165) is 0 Å². The second-order valence-electron chi connectivity index (χ2n) is 3.50. The molecule has 2 rings (SSSR count). The maximum Gasteiger partial charge on any atom is 0.252 e. The molecule has 0 N–H and O–H groups in total. The Hall–Kier alpha value is -0.730. The average Bonchev–Trinajstić information content (AvgIpc) is 2.40. The molecule has 0 aromatic heterocycles. The molecule has 0 fully saturated rings. The van der Waals surface area contributed by atoms with Gasteiger partial charge in [0.2, 0.25) is 3.79 Å². The summed E-state index contributed by atoms with van der Waals surface area (Å²) in [6.45, 7) is 0. The van der Waals surface area contributed by atoms with Crippen molar-refractivity contribution < 1.29 is 4.79 Å². The van der Waals surface area contributed by atoms with Gasteiger partial charge in [0, 0.05) is 11.1 Å². The van der Waals surface area contributed by atoms with E-state index in [1.807, 2.05) is 24.3 Å². The van der Waals surface area contributed by atoms with Gasteiger partial charge in [-0.2, -0.15) is 0 Å². The van der Waals surface area contributed by atoms with Gasteiger partial charge in [-0.1, -0.05) is 95.5 Å². The first-order valence-electron chi connectivity index (χ1n) is 5.28. The van der Waals surface area contributed by atoms with Crippen LogP contribution in [0.3, 0.4) is 0 Å². The molecule has 19 heavy (non-hydrogen) atoms. The third kappa shape index (κ3) is 6.31. The largest absolute Gasteiger partial charge is 0.276 e. The number of carbonyl (C=O) groups excluding carboxylic acids is 1. The summed E-state index contributed by atoms with van der Waals surface area (Å²) in [5.41, 5.74) is 1.24. The van der Waals surface area contributed by atoms with Crippen LogP contribution in [0.25, 0.3) is 0 Å². The molecule has 0 aliphatic heterocycles. The minimum absolute atomic E-state index is 0.407. The molecule has 0 heterocycles. The van der Waals surface area contributed by atoms with Crippen molar-refractivity contribution in [3.05, 3.63) is 71.8 Å². The Kier molecular flexibility index (Phi) is 6.67. The zero-order chi connectivity index (χ0) is 14.3. The lowest BCUT2D eigenvalue weighted by Gasteiger charge is -2.09. The van der Waals surface area contributed by atoms with Crippen molar-refractivity contribution >= 4 is 51.6 Å². The van der Waals surface area contributed by atoms with E-state index < -0.39 is 9.03 Å². The van der Waals surface area contributed by atoms with Crippen LogP contribution in [0.15, 0.2) is 60.7 Å². The second kappa shape index (κ2) is 7.76. The van der Waals surface area contributed by atoms with Gasteiger partial charge in [0.1, 0.15) is 0 Å². The van der Waals surface area contributed by atoms with Crippen LogP contribution >= 0.6 is 46.4 Å². The number of hydrogen-bond acceptors (Lipinski definition) is 1. The number of halogens is 4. The minimum Gasteiger partial charge on any atom is -0.276 e. The van der Waals surface area contributed by atoms with Crippen molar-refractivity contribution in [2.24, 2.45) is 0 Å². The van der Waals surface area contributed by atoms with Gasteiger partial charge in [0.05, 0.1) is 0 Å². The van der Waals surface area contributed by atoms with Crippen LogP contribution in [-0.2, 0) is 3.79 Å². The first-order chi connectivity index (χ1) is 8.91. The van der Waals surface area contributed by atoms with Crippen molar-refractivity contribution in [1.29, 1.82) is 0 Å².